The van der Waals surface area contributed by atoms with Gasteiger partial charge in [-0.3, -0.25) is 14.4 Å². The van der Waals surface area contributed by atoms with Crippen molar-refractivity contribution >= 4 is 17.9 Å². The first-order chi connectivity index (χ1) is 25.9. The summed E-state index contributed by atoms with van der Waals surface area (Å²) in [5.41, 5.74) is 0. The molecule has 0 fully saturated rings. The predicted octanol–water partition coefficient (Wildman–Crippen LogP) is 14.7. The van der Waals surface area contributed by atoms with Crippen molar-refractivity contribution in [2.24, 2.45) is 5.92 Å². The summed E-state index contributed by atoms with van der Waals surface area (Å²) in [5.74, 6) is -0.0433. The number of esters is 3. The fourth-order valence-corrected chi connectivity index (χ4v) is 6.95. The number of ether oxygens (including phenoxy) is 3. The molecule has 0 amide bonds. The van der Waals surface area contributed by atoms with Gasteiger partial charge in [0.2, 0.25) is 0 Å². The molecule has 6 nitrogen and oxygen atoms in total. The molecule has 2 atom stereocenters. The van der Waals surface area contributed by atoms with E-state index in [0.29, 0.717) is 19.3 Å². The van der Waals surface area contributed by atoms with Crippen LogP contribution >= 0.6 is 0 Å². The van der Waals surface area contributed by atoms with Crippen molar-refractivity contribution in [1.29, 1.82) is 0 Å². The second-order valence-electron chi connectivity index (χ2n) is 16.3. The van der Waals surface area contributed by atoms with Gasteiger partial charge in [-0.15, -0.1) is 0 Å². The van der Waals surface area contributed by atoms with E-state index in [-0.39, 0.29) is 31.1 Å². The normalized spacial score (nSPS) is 12.5. The maximum atomic E-state index is 12.7. The Labute approximate surface area is 329 Å². The second-order valence-corrected chi connectivity index (χ2v) is 16.3. The summed E-state index contributed by atoms with van der Waals surface area (Å²) < 4.78 is 16.7. The molecule has 6 heteroatoms. The third-order valence-corrected chi connectivity index (χ3v) is 10.9. The van der Waals surface area contributed by atoms with Crippen LogP contribution in [0, 0.1) is 5.92 Å². The number of carbonyl (C=O) groups is 3. The van der Waals surface area contributed by atoms with Crippen LogP contribution in [0.2, 0.25) is 0 Å². The summed E-state index contributed by atoms with van der Waals surface area (Å²) in [6.07, 6.45) is 40.9. The summed E-state index contributed by atoms with van der Waals surface area (Å²) in [5, 5.41) is 0. The van der Waals surface area contributed by atoms with Crippen LogP contribution in [0.1, 0.15) is 259 Å². The highest BCUT2D eigenvalue weighted by molar-refractivity contribution is 5.71. The molecule has 53 heavy (non-hydrogen) atoms. The van der Waals surface area contributed by atoms with Crippen molar-refractivity contribution in [3.05, 3.63) is 0 Å². The molecule has 0 aromatic rings. The second kappa shape index (κ2) is 41.6. The molecule has 314 valence electrons. The van der Waals surface area contributed by atoms with Crippen LogP contribution in [0.3, 0.4) is 0 Å². The topological polar surface area (TPSA) is 78.9 Å². The zero-order valence-electron chi connectivity index (χ0n) is 36.0. The van der Waals surface area contributed by atoms with Crippen LogP contribution in [0.4, 0.5) is 0 Å². The molecule has 0 spiro atoms. The first-order valence-electron chi connectivity index (χ1n) is 23.4. The van der Waals surface area contributed by atoms with Crippen molar-refractivity contribution in [2.45, 2.75) is 265 Å². The lowest BCUT2D eigenvalue weighted by Gasteiger charge is -2.18. The molecule has 0 aromatic carbocycles. The number of hydrogen-bond donors (Lipinski definition) is 0. The number of unbranched alkanes of at least 4 members (excludes halogenated alkanes) is 28. The van der Waals surface area contributed by atoms with Gasteiger partial charge in [-0.25, -0.2) is 0 Å². The van der Waals surface area contributed by atoms with Crippen LogP contribution in [-0.2, 0) is 28.6 Å². The molecule has 0 aliphatic carbocycles. The average molecular weight is 751 g/mol. The average Bonchev–Trinajstić information content (AvgIpc) is 3.15. The highest BCUT2D eigenvalue weighted by Gasteiger charge is 2.19. The van der Waals surface area contributed by atoms with E-state index in [9.17, 15) is 14.4 Å². The Kier molecular flexibility index (Phi) is 40.3. The zero-order valence-corrected chi connectivity index (χ0v) is 36.0. The monoisotopic (exact) mass is 751 g/mol. The minimum Gasteiger partial charge on any atom is -0.462 e. The number of hydrogen-bond acceptors (Lipinski definition) is 6. The molecule has 0 bridgehead atoms. The van der Waals surface area contributed by atoms with Gasteiger partial charge in [-0.2, -0.15) is 0 Å². The zero-order chi connectivity index (χ0) is 38.9. The summed E-state index contributed by atoms with van der Waals surface area (Å²) in [6, 6.07) is 0. The lowest BCUT2D eigenvalue weighted by molar-refractivity contribution is -0.167. The first-order valence-corrected chi connectivity index (χ1v) is 23.4. The predicted molar refractivity (Wildman–Crippen MR) is 224 cm³/mol. The van der Waals surface area contributed by atoms with Gasteiger partial charge in [-0.05, 0) is 25.2 Å². The summed E-state index contributed by atoms with van der Waals surface area (Å²) >= 11 is 0. The lowest BCUT2D eigenvalue weighted by Crippen LogP contribution is -2.30. The Bertz CT molecular complexity index is 798. The van der Waals surface area contributed by atoms with Crippen LogP contribution in [0.15, 0.2) is 0 Å². The Morgan fingerprint density at radius 3 is 0.981 bits per heavy atom. The Balaban J connectivity index is 4.26. The maximum Gasteiger partial charge on any atom is 0.306 e. The smallest absolute Gasteiger partial charge is 0.306 e. The molecular weight excluding hydrogens is 661 g/mol. The van der Waals surface area contributed by atoms with Crippen molar-refractivity contribution < 1.29 is 28.6 Å². The van der Waals surface area contributed by atoms with Gasteiger partial charge in [-0.1, -0.05) is 220 Å². The molecule has 0 radical (unpaired) electrons. The molecule has 0 N–H and O–H groups in total. The fourth-order valence-electron chi connectivity index (χ4n) is 6.95. The van der Waals surface area contributed by atoms with Gasteiger partial charge in [0.25, 0.3) is 0 Å². The van der Waals surface area contributed by atoms with Crippen LogP contribution in [0.25, 0.3) is 0 Å². The van der Waals surface area contributed by atoms with E-state index in [1.807, 2.05) is 0 Å². The lowest BCUT2D eigenvalue weighted by atomic mass is 10.00. The van der Waals surface area contributed by atoms with Crippen molar-refractivity contribution in [1.82, 2.24) is 0 Å². The highest BCUT2D eigenvalue weighted by atomic mass is 16.6. The molecule has 0 aromatic heterocycles. The van der Waals surface area contributed by atoms with E-state index in [4.69, 9.17) is 14.2 Å². The van der Waals surface area contributed by atoms with E-state index in [2.05, 4.69) is 27.7 Å². The Morgan fingerprint density at radius 1 is 0.377 bits per heavy atom. The van der Waals surface area contributed by atoms with Crippen molar-refractivity contribution in [3.63, 3.8) is 0 Å². The third-order valence-electron chi connectivity index (χ3n) is 10.9. The van der Waals surface area contributed by atoms with Gasteiger partial charge in [0.15, 0.2) is 6.10 Å². The van der Waals surface area contributed by atoms with Crippen LogP contribution < -0.4 is 0 Å². The standard InChI is InChI=1S/C47H90O6/c1-5-8-10-12-14-16-17-18-19-20-21-22-24-25-30-34-38-45(48)51-41-44(53-47(50)40-36-32-26-23-15-13-11-9-6-2)42-52-46(49)39-35-31-28-27-29-33-37-43(4)7-3/h43-44H,5-42H2,1-4H3/t43?,44-/m0/s1. The molecule has 1 unspecified atom stereocenters. The van der Waals surface area contributed by atoms with E-state index in [1.54, 1.807) is 0 Å². The van der Waals surface area contributed by atoms with E-state index in [1.165, 1.54) is 154 Å². The molecule has 0 saturated heterocycles. The van der Waals surface area contributed by atoms with Gasteiger partial charge in [0.05, 0.1) is 0 Å². The Morgan fingerprint density at radius 2 is 0.660 bits per heavy atom. The summed E-state index contributed by atoms with van der Waals surface area (Å²) in [4.78, 5) is 37.7. The molecule has 0 aliphatic rings. The fraction of sp³-hybridized carbons (Fsp3) is 0.936. The van der Waals surface area contributed by atoms with Gasteiger partial charge < -0.3 is 14.2 Å². The number of rotatable bonds is 42. The quantitative estimate of drug-likeness (QED) is 0.0351. The SMILES string of the molecule is CCCCCCCCCCCCCCCCCCC(=O)OC[C@@H](COC(=O)CCCCCCCCC(C)CC)OC(=O)CCCCCCCCCCC. The first kappa shape index (κ1) is 51.4. The molecule has 0 saturated carbocycles. The van der Waals surface area contributed by atoms with Crippen LogP contribution in [0.5, 0.6) is 0 Å². The summed E-state index contributed by atoms with van der Waals surface area (Å²) in [7, 11) is 0. The minimum atomic E-state index is -0.759. The van der Waals surface area contributed by atoms with Gasteiger partial charge >= 0.3 is 17.9 Å². The van der Waals surface area contributed by atoms with E-state index < -0.39 is 6.10 Å². The molecule has 0 aliphatic heterocycles. The minimum absolute atomic E-state index is 0.0644. The maximum absolute atomic E-state index is 12.7. The summed E-state index contributed by atoms with van der Waals surface area (Å²) in [6.45, 7) is 8.96. The largest absolute Gasteiger partial charge is 0.462 e. The van der Waals surface area contributed by atoms with E-state index in [0.717, 1.165) is 63.7 Å². The molecule has 0 rings (SSSR count). The van der Waals surface area contributed by atoms with Crippen molar-refractivity contribution in [2.75, 3.05) is 13.2 Å². The van der Waals surface area contributed by atoms with Gasteiger partial charge in [0.1, 0.15) is 13.2 Å². The van der Waals surface area contributed by atoms with Crippen molar-refractivity contribution in [3.8, 4) is 0 Å². The molecular formula is C47H90O6. The van der Waals surface area contributed by atoms with Gasteiger partial charge in [0, 0.05) is 19.3 Å². The third kappa shape index (κ3) is 39.9. The van der Waals surface area contributed by atoms with E-state index >= 15 is 0 Å². The number of carbonyl (C=O) groups excluding carboxylic acids is 3. The highest BCUT2D eigenvalue weighted by Crippen LogP contribution is 2.17. The molecule has 0 heterocycles. The van der Waals surface area contributed by atoms with Crippen LogP contribution in [-0.4, -0.2) is 37.2 Å². The Hall–Kier alpha value is -1.59.